The van der Waals surface area contributed by atoms with Crippen molar-refractivity contribution in [3.8, 4) is 0 Å². The minimum absolute atomic E-state index is 0.0777. The van der Waals surface area contributed by atoms with Crippen LogP contribution in [0.15, 0.2) is 0 Å². The molecular weight excluding hydrogens is 272 g/mol. The summed E-state index contributed by atoms with van der Waals surface area (Å²) < 4.78 is 5.31. The first-order chi connectivity index (χ1) is 10.1. The number of carboxylic acid groups (broad SMARTS) is 1. The molecule has 6 heteroatoms. The summed E-state index contributed by atoms with van der Waals surface area (Å²) in [6.07, 6.45) is 2.76. The molecule has 1 rings (SSSR count). The van der Waals surface area contributed by atoms with Gasteiger partial charge in [-0.2, -0.15) is 0 Å². The second-order valence-electron chi connectivity index (χ2n) is 5.42. The first-order valence-electron chi connectivity index (χ1n) is 7.91. The van der Waals surface area contributed by atoms with Gasteiger partial charge in [-0.3, -0.25) is 4.79 Å². The van der Waals surface area contributed by atoms with Gasteiger partial charge in [0.2, 0.25) is 0 Å². The average molecular weight is 300 g/mol. The molecule has 0 aromatic heterocycles. The van der Waals surface area contributed by atoms with Crippen molar-refractivity contribution < 1.29 is 19.4 Å². The van der Waals surface area contributed by atoms with E-state index in [2.05, 4.69) is 0 Å². The van der Waals surface area contributed by atoms with E-state index in [1.54, 1.807) is 0 Å². The third kappa shape index (κ3) is 6.33. The average Bonchev–Trinajstić information content (AvgIpc) is 2.49. The van der Waals surface area contributed by atoms with E-state index >= 15 is 0 Å². The van der Waals surface area contributed by atoms with E-state index in [1.165, 1.54) is 0 Å². The van der Waals surface area contributed by atoms with Crippen molar-refractivity contribution in [3.05, 3.63) is 0 Å². The Hall–Kier alpha value is -1.30. The van der Waals surface area contributed by atoms with Crippen LogP contribution in [0, 0.1) is 5.92 Å². The highest BCUT2D eigenvalue weighted by molar-refractivity contribution is 5.74. The highest BCUT2D eigenvalue weighted by Crippen LogP contribution is 2.22. The predicted octanol–water partition coefficient (Wildman–Crippen LogP) is 2.04. The van der Waals surface area contributed by atoms with Crippen LogP contribution in [0.5, 0.6) is 0 Å². The van der Waals surface area contributed by atoms with E-state index in [4.69, 9.17) is 9.84 Å². The van der Waals surface area contributed by atoms with Gasteiger partial charge in [0.1, 0.15) is 0 Å². The summed E-state index contributed by atoms with van der Waals surface area (Å²) in [5.41, 5.74) is 0. The summed E-state index contributed by atoms with van der Waals surface area (Å²) in [4.78, 5) is 26.7. The molecular formula is C15H28N2O4. The number of carbonyl (C=O) groups is 2. The monoisotopic (exact) mass is 300 g/mol. The molecule has 1 fully saturated rings. The van der Waals surface area contributed by atoms with Crippen LogP contribution in [0.1, 0.15) is 39.5 Å². The number of amides is 2. The van der Waals surface area contributed by atoms with Crippen molar-refractivity contribution in [2.24, 2.45) is 5.92 Å². The maximum Gasteiger partial charge on any atom is 0.320 e. The highest BCUT2D eigenvalue weighted by Gasteiger charge is 2.25. The molecule has 6 nitrogen and oxygen atoms in total. The molecule has 21 heavy (non-hydrogen) atoms. The summed E-state index contributed by atoms with van der Waals surface area (Å²) in [6, 6.07) is 0.0777. The minimum Gasteiger partial charge on any atom is -0.481 e. The summed E-state index contributed by atoms with van der Waals surface area (Å²) in [5, 5.41) is 8.71. The van der Waals surface area contributed by atoms with Gasteiger partial charge >= 0.3 is 12.0 Å². The first-order valence-corrected chi connectivity index (χ1v) is 7.91. The molecule has 0 atom stereocenters. The fourth-order valence-electron chi connectivity index (χ4n) is 2.65. The molecule has 1 aliphatic heterocycles. The van der Waals surface area contributed by atoms with Gasteiger partial charge in [0.05, 0.1) is 6.61 Å². The van der Waals surface area contributed by atoms with E-state index in [0.717, 1.165) is 32.4 Å². The van der Waals surface area contributed by atoms with E-state index in [0.29, 0.717) is 32.2 Å². The van der Waals surface area contributed by atoms with Crippen LogP contribution >= 0.6 is 0 Å². The number of aliphatic carboxylic acids is 1. The maximum absolute atomic E-state index is 12.4. The zero-order valence-corrected chi connectivity index (χ0v) is 13.2. The van der Waals surface area contributed by atoms with Crippen molar-refractivity contribution >= 4 is 12.0 Å². The predicted molar refractivity (Wildman–Crippen MR) is 80.3 cm³/mol. The number of carbonyl (C=O) groups excluding carboxylic acids is 1. The number of nitrogens with zero attached hydrogens (tertiary/aromatic N) is 2. The summed E-state index contributed by atoms with van der Waals surface area (Å²) >= 11 is 0. The van der Waals surface area contributed by atoms with E-state index in [-0.39, 0.29) is 12.5 Å². The molecule has 122 valence electrons. The molecule has 2 amide bonds. The van der Waals surface area contributed by atoms with Gasteiger partial charge in [-0.05, 0) is 39.0 Å². The molecule has 0 unspecified atom stereocenters. The number of hydrogen-bond donors (Lipinski definition) is 1. The molecule has 0 spiro atoms. The number of likely N-dealkylation sites (N-methyl/N-ethyl adjacent to an activating group) is 1. The van der Waals surface area contributed by atoms with Gasteiger partial charge in [-0.15, -0.1) is 0 Å². The van der Waals surface area contributed by atoms with Crippen LogP contribution in [0.25, 0.3) is 0 Å². The fourth-order valence-corrected chi connectivity index (χ4v) is 2.65. The zero-order chi connectivity index (χ0) is 15.7. The van der Waals surface area contributed by atoms with Gasteiger partial charge in [0, 0.05) is 39.2 Å². The number of urea groups is 1. The molecule has 0 aliphatic carbocycles. The second-order valence-corrected chi connectivity index (χ2v) is 5.42. The van der Waals surface area contributed by atoms with Crippen LogP contribution in [0.2, 0.25) is 0 Å². The van der Waals surface area contributed by atoms with E-state index < -0.39 is 5.97 Å². The number of piperidine rings is 1. The lowest BCUT2D eigenvalue weighted by molar-refractivity contribution is -0.137. The molecule has 0 aromatic rings. The molecule has 1 heterocycles. The molecule has 1 aliphatic rings. The molecule has 0 saturated carbocycles. The molecule has 0 aromatic carbocycles. The molecule has 0 radical (unpaired) electrons. The number of rotatable bonds is 8. The van der Waals surface area contributed by atoms with E-state index in [1.807, 2.05) is 23.6 Å². The molecule has 0 bridgehead atoms. The smallest absolute Gasteiger partial charge is 0.320 e. The lowest BCUT2D eigenvalue weighted by atomic mass is 9.92. The minimum atomic E-state index is -0.735. The van der Waals surface area contributed by atoms with Crippen molar-refractivity contribution in [2.45, 2.75) is 39.5 Å². The highest BCUT2D eigenvalue weighted by atomic mass is 16.5. The van der Waals surface area contributed by atoms with Gasteiger partial charge in [0.15, 0.2) is 0 Å². The van der Waals surface area contributed by atoms with Crippen LogP contribution in [-0.2, 0) is 9.53 Å². The summed E-state index contributed by atoms with van der Waals surface area (Å²) in [5.74, 6) is -0.301. The third-order valence-electron chi connectivity index (χ3n) is 4.01. The van der Waals surface area contributed by atoms with Gasteiger partial charge in [0.25, 0.3) is 0 Å². The van der Waals surface area contributed by atoms with Crippen LogP contribution in [0.4, 0.5) is 4.79 Å². The Morgan fingerprint density at radius 3 is 2.48 bits per heavy atom. The standard InChI is InChI=1S/C15H28N2O4/c1-3-16(11-12-21-4-2)15(20)17-9-7-13(8-10-17)5-6-14(18)19/h13H,3-12H2,1-2H3,(H,18,19). The van der Waals surface area contributed by atoms with Crippen LogP contribution in [0.3, 0.4) is 0 Å². The zero-order valence-electron chi connectivity index (χ0n) is 13.2. The SMILES string of the molecule is CCOCCN(CC)C(=O)N1CCC(CCC(=O)O)CC1. The Kier molecular flexibility index (Phi) is 8.12. The van der Waals surface area contributed by atoms with Crippen molar-refractivity contribution in [2.75, 3.05) is 39.4 Å². The van der Waals surface area contributed by atoms with E-state index in [9.17, 15) is 9.59 Å². The van der Waals surface area contributed by atoms with Crippen molar-refractivity contribution in [3.63, 3.8) is 0 Å². The van der Waals surface area contributed by atoms with Gasteiger partial charge in [-0.1, -0.05) is 0 Å². The Bertz CT molecular complexity index is 328. The van der Waals surface area contributed by atoms with Crippen LogP contribution in [-0.4, -0.2) is 66.3 Å². The number of ether oxygens (including phenoxy) is 1. The van der Waals surface area contributed by atoms with Crippen molar-refractivity contribution in [1.82, 2.24) is 9.80 Å². The van der Waals surface area contributed by atoms with Crippen LogP contribution < -0.4 is 0 Å². The van der Waals surface area contributed by atoms with Gasteiger partial charge < -0.3 is 19.6 Å². The Balaban J connectivity index is 2.34. The largest absolute Gasteiger partial charge is 0.481 e. The Morgan fingerprint density at radius 2 is 1.95 bits per heavy atom. The van der Waals surface area contributed by atoms with Gasteiger partial charge in [-0.25, -0.2) is 4.79 Å². The number of carboxylic acids is 1. The first kappa shape index (κ1) is 17.8. The summed E-state index contributed by atoms with van der Waals surface area (Å²) in [7, 11) is 0. The quantitative estimate of drug-likeness (QED) is 0.696. The lowest BCUT2D eigenvalue weighted by Crippen LogP contribution is -2.47. The second kappa shape index (κ2) is 9.60. The normalized spacial score (nSPS) is 16.0. The Labute approximate surface area is 127 Å². The van der Waals surface area contributed by atoms with Crippen molar-refractivity contribution in [1.29, 1.82) is 0 Å². The fraction of sp³-hybridized carbons (Fsp3) is 0.867. The topological polar surface area (TPSA) is 70.1 Å². The lowest BCUT2D eigenvalue weighted by Gasteiger charge is -2.35. The third-order valence-corrected chi connectivity index (χ3v) is 4.01. The molecule has 1 saturated heterocycles. The molecule has 1 N–H and O–H groups in total. The number of hydrogen-bond acceptors (Lipinski definition) is 3. The maximum atomic E-state index is 12.4. The summed E-state index contributed by atoms with van der Waals surface area (Å²) in [6.45, 7) is 7.94. The Morgan fingerprint density at radius 1 is 1.29 bits per heavy atom. The number of likely N-dealkylation sites (tertiary alicyclic amines) is 1.